The summed E-state index contributed by atoms with van der Waals surface area (Å²) in [7, 11) is 9.75. The number of pyridine rings is 1. The number of rotatable bonds is 9. The molecule has 1 aliphatic rings. The second-order valence-electron chi connectivity index (χ2n) is 9.18. The first-order chi connectivity index (χ1) is 16.8. The third kappa shape index (κ3) is 7.10. The zero-order chi connectivity index (χ0) is 25.4. The molecule has 1 saturated heterocycles. The molecule has 0 N–H and O–H groups in total. The van der Waals surface area contributed by atoms with Gasteiger partial charge < -0.3 is 19.3 Å². The molecule has 2 radical (unpaired) electrons. The molecular weight excluding hydrogens is 441 g/mol. The summed E-state index contributed by atoms with van der Waals surface area (Å²) in [6.07, 6.45) is 6.71. The number of ether oxygens (including phenoxy) is 2. The lowest BCUT2D eigenvalue weighted by Crippen LogP contribution is -2.49. The van der Waals surface area contributed by atoms with Crippen molar-refractivity contribution in [1.82, 2.24) is 4.98 Å². The van der Waals surface area contributed by atoms with Crippen LogP contribution in [0.1, 0.15) is 38.7 Å². The Bertz CT molecular complexity index is 1020. The second-order valence-corrected chi connectivity index (χ2v) is 9.18. The molecule has 1 fully saturated rings. The first-order valence-electron chi connectivity index (χ1n) is 12.0. The number of carbonyl (C=O) groups is 2. The fourth-order valence-electron chi connectivity index (χ4n) is 4.30. The van der Waals surface area contributed by atoms with E-state index in [1.165, 1.54) is 13.2 Å². The van der Waals surface area contributed by atoms with E-state index in [2.05, 4.69) is 26.8 Å². The quantitative estimate of drug-likeness (QED) is 0.310. The standard InChI is InChI=1S/C27H34BN3O4/c1-19(2)17-25(32)31(24-18-20(11-14-29-24)5-10-26(33)35-4)27(28)21-12-15-30(16-13-21)22-6-8-23(34-3)9-7-22/h5-11,14,18-19,21,27H,12-13,15-17H2,1-4H3/b10-5+. The van der Waals surface area contributed by atoms with Crippen molar-refractivity contribution in [2.45, 2.75) is 39.1 Å². The SMILES string of the molecule is [B]C(C1CCN(c2ccc(OC)cc2)CC1)N(C(=O)CC(C)C)c1cc(/C=C/C(=O)OC)ccn1. The highest BCUT2D eigenvalue weighted by Crippen LogP contribution is 2.30. The fourth-order valence-corrected chi connectivity index (χ4v) is 4.30. The van der Waals surface area contributed by atoms with E-state index in [0.717, 1.165) is 42.9 Å². The molecule has 1 atom stereocenters. The summed E-state index contributed by atoms with van der Waals surface area (Å²) in [5, 5.41) is 0. The Kier molecular flexibility index (Phi) is 9.35. The van der Waals surface area contributed by atoms with Crippen molar-refractivity contribution in [2.75, 3.05) is 37.1 Å². The molecular formula is C27H34BN3O4. The number of anilines is 2. The Morgan fingerprint density at radius 3 is 2.46 bits per heavy atom. The Hall–Kier alpha value is -3.29. The van der Waals surface area contributed by atoms with Crippen LogP contribution < -0.4 is 14.5 Å². The molecule has 1 aliphatic heterocycles. The first kappa shape index (κ1) is 26.3. The van der Waals surface area contributed by atoms with E-state index in [4.69, 9.17) is 12.6 Å². The number of amides is 1. The predicted molar refractivity (Wildman–Crippen MR) is 140 cm³/mol. The number of carbonyl (C=O) groups excluding carboxylic acids is 2. The van der Waals surface area contributed by atoms with Crippen molar-refractivity contribution in [1.29, 1.82) is 0 Å². The summed E-state index contributed by atoms with van der Waals surface area (Å²) in [5.41, 5.74) is 1.89. The largest absolute Gasteiger partial charge is 0.497 e. The van der Waals surface area contributed by atoms with Crippen LogP contribution in [0.2, 0.25) is 0 Å². The summed E-state index contributed by atoms with van der Waals surface area (Å²) in [5.74, 6) is 0.664. The van der Waals surface area contributed by atoms with E-state index in [0.29, 0.717) is 12.2 Å². The average molecular weight is 475 g/mol. The van der Waals surface area contributed by atoms with E-state index in [9.17, 15) is 9.59 Å². The molecule has 0 aliphatic carbocycles. The third-order valence-corrected chi connectivity index (χ3v) is 6.24. The third-order valence-electron chi connectivity index (χ3n) is 6.24. The molecule has 0 saturated carbocycles. The van der Waals surface area contributed by atoms with Gasteiger partial charge in [-0.3, -0.25) is 4.79 Å². The molecule has 1 aromatic carbocycles. The molecule has 8 heteroatoms. The topological polar surface area (TPSA) is 72.0 Å². The zero-order valence-electron chi connectivity index (χ0n) is 21.0. The summed E-state index contributed by atoms with van der Waals surface area (Å²) >= 11 is 0. The highest BCUT2D eigenvalue weighted by molar-refractivity contribution is 6.17. The molecule has 1 aromatic heterocycles. The molecule has 1 unspecified atom stereocenters. The predicted octanol–water partition coefficient (Wildman–Crippen LogP) is 4.07. The van der Waals surface area contributed by atoms with Gasteiger partial charge in [-0.05, 0) is 72.7 Å². The van der Waals surface area contributed by atoms with Gasteiger partial charge in [0.25, 0.3) is 0 Å². The summed E-state index contributed by atoms with van der Waals surface area (Å²) < 4.78 is 9.92. The molecule has 184 valence electrons. The summed E-state index contributed by atoms with van der Waals surface area (Å²) in [6.45, 7) is 5.73. The molecule has 3 rings (SSSR count). The van der Waals surface area contributed by atoms with Crippen LogP contribution in [0.15, 0.2) is 48.7 Å². The smallest absolute Gasteiger partial charge is 0.330 e. The number of benzene rings is 1. The number of esters is 1. The molecule has 7 nitrogen and oxygen atoms in total. The molecule has 0 spiro atoms. The van der Waals surface area contributed by atoms with Gasteiger partial charge in [-0.25, -0.2) is 9.78 Å². The van der Waals surface area contributed by atoms with Gasteiger partial charge in [-0.15, -0.1) is 0 Å². The van der Waals surface area contributed by atoms with Crippen molar-refractivity contribution in [3.8, 4) is 5.75 Å². The normalized spacial score (nSPS) is 15.3. The Balaban J connectivity index is 1.77. The van der Waals surface area contributed by atoms with Crippen molar-refractivity contribution >= 4 is 37.3 Å². The summed E-state index contributed by atoms with van der Waals surface area (Å²) in [4.78, 5) is 33.2. The minimum Gasteiger partial charge on any atom is -0.497 e. The molecule has 2 aromatic rings. The number of aromatic nitrogens is 1. The van der Waals surface area contributed by atoms with Gasteiger partial charge in [0, 0.05) is 43.4 Å². The van der Waals surface area contributed by atoms with E-state index in [1.807, 2.05) is 26.0 Å². The van der Waals surface area contributed by atoms with Crippen LogP contribution in [0.25, 0.3) is 6.08 Å². The van der Waals surface area contributed by atoms with Crippen molar-refractivity contribution in [3.05, 3.63) is 54.2 Å². The number of hydrogen-bond acceptors (Lipinski definition) is 6. The van der Waals surface area contributed by atoms with Gasteiger partial charge in [0.05, 0.1) is 14.2 Å². The Labute approximate surface area is 209 Å². The zero-order valence-corrected chi connectivity index (χ0v) is 21.0. The van der Waals surface area contributed by atoms with E-state index in [-0.39, 0.29) is 17.7 Å². The van der Waals surface area contributed by atoms with Crippen LogP contribution in [0.3, 0.4) is 0 Å². The van der Waals surface area contributed by atoms with Gasteiger partial charge in [0.2, 0.25) is 5.91 Å². The molecule has 1 amide bonds. The lowest BCUT2D eigenvalue weighted by atomic mass is 9.76. The van der Waals surface area contributed by atoms with Gasteiger partial charge in [-0.2, -0.15) is 0 Å². The average Bonchev–Trinajstić information content (AvgIpc) is 2.87. The van der Waals surface area contributed by atoms with Crippen molar-refractivity contribution in [2.24, 2.45) is 11.8 Å². The van der Waals surface area contributed by atoms with Crippen LogP contribution in [-0.2, 0) is 14.3 Å². The number of nitrogens with zero attached hydrogens (tertiary/aromatic N) is 3. The monoisotopic (exact) mass is 475 g/mol. The van der Waals surface area contributed by atoms with E-state index >= 15 is 0 Å². The van der Waals surface area contributed by atoms with Crippen molar-refractivity contribution in [3.63, 3.8) is 0 Å². The van der Waals surface area contributed by atoms with Gasteiger partial charge in [0.15, 0.2) is 0 Å². The van der Waals surface area contributed by atoms with Crippen LogP contribution in [0.4, 0.5) is 11.5 Å². The highest BCUT2D eigenvalue weighted by atomic mass is 16.5. The lowest BCUT2D eigenvalue weighted by Gasteiger charge is -2.40. The molecule has 0 bridgehead atoms. The maximum absolute atomic E-state index is 13.3. The van der Waals surface area contributed by atoms with Crippen molar-refractivity contribution < 1.29 is 19.1 Å². The minimum absolute atomic E-state index is 0.0494. The minimum atomic E-state index is -0.494. The fraction of sp³-hybridized carbons (Fsp3) is 0.444. The van der Waals surface area contributed by atoms with Crippen LogP contribution in [0, 0.1) is 11.8 Å². The van der Waals surface area contributed by atoms with Crippen LogP contribution >= 0.6 is 0 Å². The number of methoxy groups -OCH3 is 2. The number of piperidine rings is 1. The maximum atomic E-state index is 13.3. The molecule has 2 heterocycles. The first-order valence-corrected chi connectivity index (χ1v) is 12.0. The molecule has 35 heavy (non-hydrogen) atoms. The highest BCUT2D eigenvalue weighted by Gasteiger charge is 2.31. The van der Waals surface area contributed by atoms with Crippen LogP contribution in [-0.4, -0.2) is 58.0 Å². The van der Waals surface area contributed by atoms with E-state index < -0.39 is 11.9 Å². The Morgan fingerprint density at radius 1 is 1.17 bits per heavy atom. The van der Waals surface area contributed by atoms with Gasteiger partial charge >= 0.3 is 5.97 Å². The van der Waals surface area contributed by atoms with Crippen LogP contribution in [0.5, 0.6) is 5.75 Å². The maximum Gasteiger partial charge on any atom is 0.330 e. The number of hydrogen-bond donors (Lipinski definition) is 0. The summed E-state index contributed by atoms with van der Waals surface area (Å²) in [6, 6.07) is 11.6. The lowest BCUT2D eigenvalue weighted by molar-refractivity contribution is -0.134. The Morgan fingerprint density at radius 2 is 1.86 bits per heavy atom. The van der Waals surface area contributed by atoms with Gasteiger partial charge in [-0.1, -0.05) is 13.8 Å². The second kappa shape index (κ2) is 12.4. The van der Waals surface area contributed by atoms with E-state index in [1.54, 1.807) is 36.4 Å². The van der Waals surface area contributed by atoms with Gasteiger partial charge in [0.1, 0.15) is 19.4 Å².